The Bertz CT molecular complexity index is 298. The summed E-state index contributed by atoms with van der Waals surface area (Å²) in [6.07, 6.45) is 1.01. The number of nitrogens with zero attached hydrogens (tertiary/aromatic N) is 1. The average molecular weight is 194 g/mol. The number of oxime groups is 1. The first-order valence-electron chi connectivity index (χ1n) is 5.50. The Kier molecular flexibility index (Phi) is 1.45. The zero-order valence-corrected chi connectivity index (χ0v) is 9.13. The molecule has 0 amide bonds. The fourth-order valence-electron chi connectivity index (χ4n) is 3.16. The molecule has 3 atom stereocenters. The van der Waals surface area contributed by atoms with Gasteiger partial charge in [-0.1, -0.05) is 12.1 Å². The number of hydrogen-bond donors (Lipinski definition) is 1. The summed E-state index contributed by atoms with van der Waals surface area (Å²) >= 11 is 0. The van der Waals surface area contributed by atoms with Crippen molar-refractivity contribution in [2.24, 2.45) is 22.4 Å². The summed E-state index contributed by atoms with van der Waals surface area (Å²) in [6, 6.07) is 0. The van der Waals surface area contributed by atoms with Crippen molar-refractivity contribution >= 4 is 5.71 Å². The molecule has 1 aliphatic carbocycles. The van der Waals surface area contributed by atoms with Gasteiger partial charge in [-0.2, -0.15) is 0 Å². The van der Waals surface area contributed by atoms with E-state index >= 15 is 0 Å². The summed E-state index contributed by atoms with van der Waals surface area (Å²) < 4.78 is 0. The van der Waals surface area contributed by atoms with Crippen molar-refractivity contribution in [1.29, 1.82) is 0 Å². The number of nitrogens with one attached hydrogen (secondary N) is 1. The molecule has 3 rings (SSSR count). The largest absolute Gasteiger partial charge is 0.389 e. The zero-order chi connectivity index (χ0) is 9.97. The predicted octanol–water partition coefficient (Wildman–Crippen LogP) is 1.40. The summed E-state index contributed by atoms with van der Waals surface area (Å²) in [6.45, 7) is 8.92. The van der Waals surface area contributed by atoms with E-state index in [9.17, 15) is 0 Å². The van der Waals surface area contributed by atoms with Gasteiger partial charge in [0.05, 0.1) is 5.71 Å². The summed E-state index contributed by atoms with van der Waals surface area (Å²) in [7, 11) is 0. The van der Waals surface area contributed by atoms with Crippen molar-refractivity contribution in [2.75, 3.05) is 13.1 Å². The van der Waals surface area contributed by atoms with Gasteiger partial charge in [-0.05, 0) is 38.8 Å². The Morgan fingerprint density at radius 2 is 1.93 bits per heavy atom. The van der Waals surface area contributed by atoms with Gasteiger partial charge in [-0.15, -0.1) is 0 Å². The smallest absolute Gasteiger partial charge is 0.137 e. The minimum absolute atomic E-state index is 0.0668. The van der Waals surface area contributed by atoms with Crippen molar-refractivity contribution in [3.05, 3.63) is 0 Å². The molecule has 1 N–H and O–H groups in total. The fourth-order valence-corrected chi connectivity index (χ4v) is 3.16. The topological polar surface area (TPSA) is 33.6 Å². The molecule has 2 fully saturated rings. The lowest BCUT2D eigenvalue weighted by Crippen LogP contribution is -2.28. The van der Waals surface area contributed by atoms with Gasteiger partial charge in [0.15, 0.2) is 0 Å². The lowest BCUT2D eigenvalue weighted by molar-refractivity contribution is 0.0123. The molecule has 78 valence electrons. The molecule has 2 aliphatic heterocycles. The van der Waals surface area contributed by atoms with Crippen molar-refractivity contribution in [1.82, 2.24) is 5.32 Å². The van der Waals surface area contributed by atoms with Crippen LogP contribution in [-0.2, 0) is 4.84 Å². The number of fused-ring (bicyclic) bond motifs is 1. The van der Waals surface area contributed by atoms with E-state index in [-0.39, 0.29) is 5.60 Å². The minimum Gasteiger partial charge on any atom is -0.389 e. The molecule has 0 bridgehead atoms. The van der Waals surface area contributed by atoms with E-state index in [4.69, 9.17) is 4.84 Å². The van der Waals surface area contributed by atoms with Crippen molar-refractivity contribution in [2.45, 2.75) is 32.8 Å². The molecule has 14 heavy (non-hydrogen) atoms. The van der Waals surface area contributed by atoms with Crippen LogP contribution in [0.3, 0.4) is 0 Å². The maximum Gasteiger partial charge on any atom is 0.137 e. The van der Waals surface area contributed by atoms with Crippen LogP contribution in [-0.4, -0.2) is 24.4 Å². The highest BCUT2D eigenvalue weighted by Crippen LogP contribution is 2.62. The van der Waals surface area contributed by atoms with Gasteiger partial charge in [0, 0.05) is 11.8 Å². The molecular weight excluding hydrogens is 176 g/mol. The van der Waals surface area contributed by atoms with Crippen LogP contribution in [0.15, 0.2) is 5.16 Å². The second-order valence-corrected chi connectivity index (χ2v) is 5.72. The summed E-state index contributed by atoms with van der Waals surface area (Å²) in [5.41, 5.74) is 1.60. The van der Waals surface area contributed by atoms with Gasteiger partial charge in [0.2, 0.25) is 0 Å². The van der Waals surface area contributed by atoms with Crippen LogP contribution < -0.4 is 5.32 Å². The van der Waals surface area contributed by atoms with Crippen LogP contribution in [0.2, 0.25) is 0 Å². The number of rotatable bonds is 1. The molecule has 0 aromatic rings. The van der Waals surface area contributed by atoms with Crippen LogP contribution in [0, 0.1) is 17.3 Å². The molecule has 0 spiro atoms. The van der Waals surface area contributed by atoms with Gasteiger partial charge in [0.1, 0.15) is 5.60 Å². The van der Waals surface area contributed by atoms with E-state index in [1.807, 2.05) is 0 Å². The van der Waals surface area contributed by atoms with Crippen LogP contribution in [0.4, 0.5) is 0 Å². The third-order valence-electron chi connectivity index (χ3n) is 4.26. The summed E-state index contributed by atoms with van der Waals surface area (Å²) in [5.74, 6) is 1.64. The Morgan fingerprint density at radius 3 is 2.43 bits per heavy atom. The Morgan fingerprint density at radius 1 is 1.29 bits per heavy atom. The highest BCUT2D eigenvalue weighted by Gasteiger charge is 2.67. The second-order valence-electron chi connectivity index (χ2n) is 5.72. The van der Waals surface area contributed by atoms with Gasteiger partial charge < -0.3 is 10.2 Å². The molecule has 0 aromatic carbocycles. The van der Waals surface area contributed by atoms with Crippen LogP contribution in [0.5, 0.6) is 0 Å². The molecule has 1 saturated carbocycles. The van der Waals surface area contributed by atoms with E-state index in [1.165, 1.54) is 18.8 Å². The van der Waals surface area contributed by atoms with Crippen LogP contribution in [0.25, 0.3) is 0 Å². The molecule has 0 radical (unpaired) electrons. The normalized spacial score (nSPS) is 48.4. The highest BCUT2D eigenvalue weighted by molar-refractivity contribution is 5.94. The van der Waals surface area contributed by atoms with Crippen molar-refractivity contribution < 1.29 is 4.84 Å². The van der Waals surface area contributed by atoms with E-state index in [0.717, 1.165) is 18.3 Å². The lowest BCUT2D eigenvalue weighted by Gasteiger charge is -2.17. The third kappa shape index (κ3) is 0.937. The van der Waals surface area contributed by atoms with E-state index in [2.05, 4.69) is 31.2 Å². The first kappa shape index (κ1) is 8.72. The molecule has 3 aliphatic rings. The van der Waals surface area contributed by atoms with Gasteiger partial charge in [0.25, 0.3) is 0 Å². The zero-order valence-electron chi connectivity index (χ0n) is 9.13. The maximum atomic E-state index is 5.45. The van der Waals surface area contributed by atoms with Crippen LogP contribution in [0.1, 0.15) is 27.2 Å². The quantitative estimate of drug-likeness (QED) is 0.684. The summed E-state index contributed by atoms with van der Waals surface area (Å²) in [5, 5.41) is 7.72. The highest BCUT2D eigenvalue weighted by atomic mass is 16.7. The molecule has 0 aromatic heterocycles. The molecule has 2 heterocycles. The van der Waals surface area contributed by atoms with Gasteiger partial charge >= 0.3 is 0 Å². The molecule has 3 nitrogen and oxygen atoms in total. The van der Waals surface area contributed by atoms with Crippen molar-refractivity contribution in [3.8, 4) is 0 Å². The predicted molar refractivity (Wildman–Crippen MR) is 55.2 cm³/mol. The van der Waals surface area contributed by atoms with Gasteiger partial charge in [-0.25, -0.2) is 0 Å². The standard InChI is InChI=1S/C11H18N2O/c1-10(2)4-9(13-14-10)11(3)7-5-12-6-8(7)11/h7-8,12H,4-6H2,1-3H3/t7-,8+,11?. The number of piperidine rings is 1. The lowest BCUT2D eigenvalue weighted by atomic mass is 9.89. The monoisotopic (exact) mass is 194 g/mol. The van der Waals surface area contributed by atoms with Gasteiger partial charge in [-0.3, -0.25) is 0 Å². The Hall–Kier alpha value is -0.570. The van der Waals surface area contributed by atoms with E-state index < -0.39 is 0 Å². The Labute approximate surface area is 84.9 Å². The molecule has 1 saturated heterocycles. The molecule has 3 heteroatoms. The maximum absolute atomic E-state index is 5.45. The van der Waals surface area contributed by atoms with Crippen LogP contribution >= 0.6 is 0 Å². The van der Waals surface area contributed by atoms with E-state index in [0.29, 0.717) is 5.41 Å². The first-order valence-corrected chi connectivity index (χ1v) is 5.50. The SMILES string of the molecule is CC1(C)CC(C2(C)[C@@H]3CNC[C@@H]32)=NO1. The minimum atomic E-state index is -0.0668. The molecular formula is C11H18N2O. The number of hydrogen-bond acceptors (Lipinski definition) is 3. The van der Waals surface area contributed by atoms with E-state index in [1.54, 1.807) is 0 Å². The average Bonchev–Trinajstić information content (AvgIpc) is 2.60. The second kappa shape index (κ2) is 2.32. The molecule has 1 unspecified atom stereocenters. The summed E-state index contributed by atoms with van der Waals surface area (Å²) in [4.78, 5) is 5.45. The fraction of sp³-hybridized carbons (Fsp3) is 0.909. The third-order valence-corrected chi connectivity index (χ3v) is 4.26. The van der Waals surface area contributed by atoms with Crippen molar-refractivity contribution in [3.63, 3.8) is 0 Å². The Balaban J connectivity index is 1.80. The first-order chi connectivity index (χ1) is 6.54.